The smallest absolute Gasteiger partial charge is 0.222 e. The van der Waals surface area contributed by atoms with Crippen molar-refractivity contribution >= 4 is 5.91 Å². The van der Waals surface area contributed by atoms with Gasteiger partial charge in [0.05, 0.1) is 0 Å². The molecule has 0 aromatic heterocycles. The fourth-order valence-corrected chi connectivity index (χ4v) is 1.08. The molecule has 2 nitrogen and oxygen atoms in total. The SMILES string of the molecule is [CH2]CCN(C)C(=O)CCCCC. The second-order valence-electron chi connectivity index (χ2n) is 3.13. The maximum atomic E-state index is 11.3. The van der Waals surface area contributed by atoms with Gasteiger partial charge >= 0.3 is 0 Å². The lowest BCUT2D eigenvalue weighted by atomic mass is 10.2. The van der Waals surface area contributed by atoms with Gasteiger partial charge in [-0.2, -0.15) is 0 Å². The largest absolute Gasteiger partial charge is 0.346 e. The van der Waals surface area contributed by atoms with Gasteiger partial charge in [-0.15, -0.1) is 0 Å². The molecule has 0 aliphatic rings. The van der Waals surface area contributed by atoms with E-state index in [-0.39, 0.29) is 5.91 Å². The van der Waals surface area contributed by atoms with Crippen LogP contribution in [0, 0.1) is 6.92 Å². The lowest BCUT2D eigenvalue weighted by molar-refractivity contribution is -0.129. The summed E-state index contributed by atoms with van der Waals surface area (Å²) >= 11 is 0. The van der Waals surface area contributed by atoms with Crippen molar-refractivity contribution in [2.24, 2.45) is 0 Å². The summed E-state index contributed by atoms with van der Waals surface area (Å²) < 4.78 is 0. The molecule has 0 aromatic rings. The Morgan fingerprint density at radius 1 is 1.42 bits per heavy atom. The van der Waals surface area contributed by atoms with Gasteiger partial charge in [0.15, 0.2) is 0 Å². The van der Waals surface area contributed by atoms with Gasteiger partial charge in [-0.05, 0) is 12.8 Å². The van der Waals surface area contributed by atoms with Gasteiger partial charge < -0.3 is 4.90 Å². The Hall–Kier alpha value is -0.530. The molecule has 1 amide bonds. The lowest BCUT2D eigenvalue weighted by Gasteiger charge is -2.15. The second kappa shape index (κ2) is 7.14. The second-order valence-corrected chi connectivity index (χ2v) is 3.13. The van der Waals surface area contributed by atoms with Gasteiger partial charge in [-0.25, -0.2) is 0 Å². The molecule has 1 radical (unpaired) electrons. The minimum Gasteiger partial charge on any atom is -0.346 e. The van der Waals surface area contributed by atoms with E-state index in [4.69, 9.17) is 0 Å². The first-order chi connectivity index (χ1) is 5.72. The molecule has 71 valence electrons. The number of carbonyl (C=O) groups excluding carboxylic acids is 1. The summed E-state index contributed by atoms with van der Waals surface area (Å²) in [6.07, 6.45) is 4.85. The number of nitrogens with zero attached hydrogens (tertiary/aromatic N) is 1. The summed E-state index contributed by atoms with van der Waals surface area (Å²) in [4.78, 5) is 13.1. The van der Waals surface area contributed by atoms with E-state index in [0.717, 1.165) is 25.8 Å². The molecule has 0 saturated heterocycles. The van der Waals surface area contributed by atoms with E-state index in [1.165, 1.54) is 6.42 Å². The number of unbranched alkanes of at least 4 members (excludes halogenated alkanes) is 2. The quantitative estimate of drug-likeness (QED) is 0.560. The molecule has 0 bridgehead atoms. The van der Waals surface area contributed by atoms with E-state index in [9.17, 15) is 4.79 Å². The Balaban J connectivity index is 3.43. The van der Waals surface area contributed by atoms with Crippen molar-refractivity contribution in [2.75, 3.05) is 13.6 Å². The molecule has 2 heteroatoms. The molecule has 0 heterocycles. The van der Waals surface area contributed by atoms with Crippen molar-refractivity contribution in [3.63, 3.8) is 0 Å². The molecule has 0 saturated carbocycles. The summed E-state index contributed by atoms with van der Waals surface area (Å²) in [5, 5.41) is 0. The molecule has 0 aliphatic heterocycles. The number of hydrogen-bond donors (Lipinski definition) is 0. The van der Waals surface area contributed by atoms with Crippen molar-refractivity contribution in [1.29, 1.82) is 0 Å². The topological polar surface area (TPSA) is 20.3 Å². The average Bonchev–Trinajstić information content (AvgIpc) is 2.05. The van der Waals surface area contributed by atoms with Crippen molar-refractivity contribution in [1.82, 2.24) is 4.90 Å². The van der Waals surface area contributed by atoms with E-state index < -0.39 is 0 Å². The van der Waals surface area contributed by atoms with Crippen LogP contribution in [0.4, 0.5) is 0 Å². The molecule has 0 spiro atoms. The minimum atomic E-state index is 0.257. The van der Waals surface area contributed by atoms with Gasteiger partial charge in [-0.3, -0.25) is 4.79 Å². The Bertz CT molecular complexity index is 123. The third kappa shape index (κ3) is 5.16. The summed E-state index contributed by atoms with van der Waals surface area (Å²) in [5.74, 6) is 0.257. The van der Waals surface area contributed by atoms with Crippen LogP contribution in [0.2, 0.25) is 0 Å². The molecular weight excluding hydrogens is 150 g/mol. The summed E-state index contributed by atoms with van der Waals surface area (Å²) in [6, 6.07) is 0. The standard InChI is InChI=1S/C10H20NO/c1-4-6-7-8-10(12)11(3)9-5-2/h2,4-9H2,1,3H3. The van der Waals surface area contributed by atoms with Crippen LogP contribution < -0.4 is 0 Å². The monoisotopic (exact) mass is 170 g/mol. The number of hydrogen-bond acceptors (Lipinski definition) is 1. The van der Waals surface area contributed by atoms with Gasteiger partial charge in [0.1, 0.15) is 0 Å². The third-order valence-corrected chi connectivity index (χ3v) is 1.91. The zero-order valence-corrected chi connectivity index (χ0v) is 8.31. The van der Waals surface area contributed by atoms with Crippen LogP contribution in [0.5, 0.6) is 0 Å². The molecular formula is C10H20NO. The first-order valence-corrected chi connectivity index (χ1v) is 4.75. The first kappa shape index (κ1) is 11.5. The highest BCUT2D eigenvalue weighted by atomic mass is 16.2. The number of carbonyl (C=O) groups is 1. The van der Waals surface area contributed by atoms with E-state index in [1.807, 2.05) is 7.05 Å². The summed E-state index contributed by atoms with van der Waals surface area (Å²) in [7, 11) is 1.85. The normalized spacial score (nSPS) is 9.92. The fraction of sp³-hybridized carbons (Fsp3) is 0.800. The fourth-order valence-electron chi connectivity index (χ4n) is 1.08. The average molecular weight is 170 g/mol. The maximum Gasteiger partial charge on any atom is 0.222 e. The predicted octanol–water partition coefficient (Wildman–Crippen LogP) is 2.25. The van der Waals surface area contributed by atoms with Crippen LogP contribution in [0.1, 0.15) is 39.0 Å². The van der Waals surface area contributed by atoms with E-state index in [1.54, 1.807) is 4.90 Å². The molecule has 12 heavy (non-hydrogen) atoms. The van der Waals surface area contributed by atoms with Gasteiger partial charge in [0.2, 0.25) is 5.91 Å². The van der Waals surface area contributed by atoms with Crippen LogP contribution in [0.25, 0.3) is 0 Å². The van der Waals surface area contributed by atoms with Crippen molar-refractivity contribution in [3.05, 3.63) is 6.92 Å². The molecule has 0 aliphatic carbocycles. The van der Waals surface area contributed by atoms with Gasteiger partial charge in [0, 0.05) is 20.0 Å². The zero-order valence-electron chi connectivity index (χ0n) is 8.31. The van der Waals surface area contributed by atoms with E-state index >= 15 is 0 Å². The van der Waals surface area contributed by atoms with Gasteiger partial charge in [0.25, 0.3) is 0 Å². The third-order valence-electron chi connectivity index (χ3n) is 1.91. The van der Waals surface area contributed by atoms with Gasteiger partial charge in [-0.1, -0.05) is 26.7 Å². The zero-order chi connectivity index (χ0) is 9.40. The van der Waals surface area contributed by atoms with Crippen LogP contribution in [-0.2, 0) is 4.79 Å². The molecule has 0 rings (SSSR count). The molecule has 0 unspecified atom stereocenters. The minimum absolute atomic E-state index is 0.257. The Morgan fingerprint density at radius 2 is 2.08 bits per heavy atom. The molecule has 0 aromatic carbocycles. The van der Waals surface area contributed by atoms with E-state index in [2.05, 4.69) is 13.8 Å². The van der Waals surface area contributed by atoms with Crippen LogP contribution >= 0.6 is 0 Å². The Labute approximate surface area is 75.9 Å². The van der Waals surface area contributed by atoms with Crippen molar-refractivity contribution in [2.45, 2.75) is 39.0 Å². The highest BCUT2D eigenvalue weighted by Gasteiger charge is 2.05. The van der Waals surface area contributed by atoms with Crippen molar-refractivity contribution < 1.29 is 4.79 Å². The lowest BCUT2D eigenvalue weighted by Crippen LogP contribution is -2.26. The molecule has 0 atom stereocenters. The molecule has 0 fully saturated rings. The van der Waals surface area contributed by atoms with Crippen molar-refractivity contribution in [3.8, 4) is 0 Å². The Morgan fingerprint density at radius 3 is 2.58 bits per heavy atom. The van der Waals surface area contributed by atoms with Crippen LogP contribution in [-0.4, -0.2) is 24.4 Å². The molecule has 0 N–H and O–H groups in total. The highest BCUT2D eigenvalue weighted by Crippen LogP contribution is 2.01. The maximum absolute atomic E-state index is 11.3. The summed E-state index contributed by atoms with van der Waals surface area (Å²) in [6.45, 7) is 6.64. The van der Waals surface area contributed by atoms with E-state index in [0.29, 0.717) is 6.42 Å². The predicted molar refractivity (Wildman–Crippen MR) is 51.8 cm³/mol. The Kier molecular flexibility index (Phi) is 6.82. The number of rotatable bonds is 6. The van der Waals surface area contributed by atoms with Crippen LogP contribution in [0.15, 0.2) is 0 Å². The first-order valence-electron chi connectivity index (χ1n) is 4.75. The highest BCUT2D eigenvalue weighted by molar-refractivity contribution is 5.75. The van der Waals surface area contributed by atoms with Crippen LogP contribution in [0.3, 0.4) is 0 Å². The number of amides is 1. The summed E-state index contributed by atoms with van der Waals surface area (Å²) in [5.41, 5.74) is 0.